The van der Waals surface area contributed by atoms with Gasteiger partial charge in [0.1, 0.15) is 5.52 Å². The molecule has 1 aliphatic rings. The maximum atomic E-state index is 14.0. The monoisotopic (exact) mass is 284 g/mol. The second-order valence-corrected chi connectivity index (χ2v) is 5.31. The van der Waals surface area contributed by atoms with Gasteiger partial charge in [-0.25, -0.2) is 8.78 Å². The first-order valence-corrected chi connectivity index (χ1v) is 6.66. The van der Waals surface area contributed by atoms with Crippen molar-refractivity contribution in [2.45, 2.75) is 19.4 Å². The van der Waals surface area contributed by atoms with Gasteiger partial charge >= 0.3 is 0 Å². The average molecular weight is 284 g/mol. The Morgan fingerprint density at radius 2 is 2.26 bits per heavy atom. The lowest BCUT2D eigenvalue weighted by molar-refractivity contribution is 0.175. The van der Waals surface area contributed by atoms with Gasteiger partial charge in [0.2, 0.25) is 0 Å². The summed E-state index contributed by atoms with van der Waals surface area (Å²) in [5.74, 6) is -1.44. The summed E-state index contributed by atoms with van der Waals surface area (Å²) < 4.78 is 34.9. The van der Waals surface area contributed by atoms with Crippen LogP contribution in [0.15, 0.2) is 12.1 Å². The Labute approximate surface area is 114 Å². The zero-order chi connectivity index (χ0) is 13.6. The van der Waals surface area contributed by atoms with Crippen LogP contribution in [0.25, 0.3) is 11.0 Å². The molecule has 2 atom stereocenters. The van der Waals surface area contributed by atoms with Crippen molar-refractivity contribution in [2.24, 2.45) is 5.92 Å². The van der Waals surface area contributed by atoms with Gasteiger partial charge in [-0.3, -0.25) is 0 Å². The summed E-state index contributed by atoms with van der Waals surface area (Å²) in [5, 5.41) is 0. The predicted molar refractivity (Wildman–Crippen MR) is 70.7 cm³/mol. The van der Waals surface area contributed by atoms with Crippen molar-refractivity contribution in [3.63, 3.8) is 0 Å². The summed E-state index contributed by atoms with van der Waals surface area (Å²) in [5.41, 5.74) is 0.735. The van der Waals surface area contributed by atoms with E-state index in [4.69, 9.17) is 17.0 Å². The number of aromatic amines is 1. The molecular weight excluding hydrogens is 270 g/mol. The highest BCUT2D eigenvalue weighted by Gasteiger charge is 2.26. The molecule has 1 aromatic carbocycles. The minimum atomic E-state index is -0.856. The van der Waals surface area contributed by atoms with E-state index in [0.29, 0.717) is 23.5 Å². The van der Waals surface area contributed by atoms with Crippen molar-refractivity contribution in [1.29, 1.82) is 0 Å². The molecule has 1 aromatic heterocycles. The Morgan fingerprint density at radius 1 is 1.47 bits per heavy atom. The number of hydrogen-bond donors (Lipinski definition) is 1. The van der Waals surface area contributed by atoms with Gasteiger partial charge < -0.3 is 14.3 Å². The summed E-state index contributed by atoms with van der Waals surface area (Å²) in [6.07, 6.45) is 0.909. The van der Waals surface area contributed by atoms with E-state index in [1.54, 1.807) is 4.57 Å². The molecule has 2 heterocycles. The molecule has 19 heavy (non-hydrogen) atoms. The number of benzene rings is 1. The van der Waals surface area contributed by atoms with Gasteiger partial charge in [0.25, 0.3) is 0 Å². The van der Waals surface area contributed by atoms with Gasteiger partial charge in [-0.05, 0) is 37.7 Å². The zero-order valence-electron chi connectivity index (χ0n) is 10.5. The molecule has 0 bridgehead atoms. The second-order valence-electron chi connectivity index (χ2n) is 4.92. The van der Waals surface area contributed by atoms with Crippen LogP contribution >= 0.6 is 12.2 Å². The first kappa shape index (κ1) is 12.7. The molecule has 0 radical (unpaired) electrons. The number of nitrogens with one attached hydrogen (secondary N) is 1. The van der Waals surface area contributed by atoms with Crippen molar-refractivity contribution >= 4 is 23.3 Å². The molecule has 2 aromatic rings. The summed E-state index contributed by atoms with van der Waals surface area (Å²) in [6, 6.07) is 2.59. The highest BCUT2D eigenvalue weighted by molar-refractivity contribution is 7.71. The van der Waals surface area contributed by atoms with Crippen LogP contribution in [0.2, 0.25) is 0 Å². The van der Waals surface area contributed by atoms with Gasteiger partial charge in [-0.2, -0.15) is 0 Å². The SMILES string of the molecule is CC(C1CCOC1)n1c(=S)[nH]c2ccc(F)c(F)c21. The Morgan fingerprint density at radius 3 is 2.95 bits per heavy atom. The van der Waals surface area contributed by atoms with Crippen molar-refractivity contribution in [2.75, 3.05) is 13.2 Å². The van der Waals surface area contributed by atoms with Gasteiger partial charge in [0, 0.05) is 18.6 Å². The van der Waals surface area contributed by atoms with E-state index in [1.165, 1.54) is 6.07 Å². The van der Waals surface area contributed by atoms with Crippen molar-refractivity contribution in [1.82, 2.24) is 9.55 Å². The summed E-state index contributed by atoms with van der Waals surface area (Å²) in [6.45, 7) is 3.31. The topological polar surface area (TPSA) is 29.9 Å². The van der Waals surface area contributed by atoms with Crippen molar-refractivity contribution in [3.8, 4) is 0 Å². The van der Waals surface area contributed by atoms with Crippen LogP contribution in [-0.4, -0.2) is 22.8 Å². The fourth-order valence-corrected chi connectivity index (χ4v) is 3.05. The molecule has 1 aliphatic heterocycles. The third kappa shape index (κ3) is 1.99. The summed E-state index contributed by atoms with van der Waals surface area (Å²) in [7, 11) is 0. The maximum Gasteiger partial charge on any atom is 0.184 e. The van der Waals surface area contributed by atoms with Crippen LogP contribution in [0.3, 0.4) is 0 Å². The third-order valence-corrected chi connectivity index (χ3v) is 4.12. The molecule has 6 heteroatoms. The molecule has 3 rings (SSSR count). The number of nitrogens with zero attached hydrogens (tertiary/aromatic N) is 1. The van der Waals surface area contributed by atoms with Gasteiger partial charge in [-0.15, -0.1) is 0 Å². The molecule has 2 unspecified atom stereocenters. The predicted octanol–water partition coefficient (Wildman–Crippen LogP) is 3.57. The van der Waals surface area contributed by atoms with Gasteiger partial charge in [0.15, 0.2) is 16.4 Å². The molecule has 102 valence electrons. The van der Waals surface area contributed by atoms with Crippen LogP contribution < -0.4 is 0 Å². The van der Waals surface area contributed by atoms with Crippen molar-refractivity contribution < 1.29 is 13.5 Å². The van der Waals surface area contributed by atoms with Crippen LogP contribution in [0.4, 0.5) is 8.78 Å². The van der Waals surface area contributed by atoms with E-state index in [1.807, 2.05) is 6.92 Å². The van der Waals surface area contributed by atoms with E-state index in [-0.39, 0.29) is 17.5 Å². The van der Waals surface area contributed by atoms with Crippen LogP contribution in [0.1, 0.15) is 19.4 Å². The largest absolute Gasteiger partial charge is 0.381 e. The number of hydrogen-bond acceptors (Lipinski definition) is 2. The van der Waals surface area contributed by atoms with E-state index in [0.717, 1.165) is 12.5 Å². The normalized spacial score (nSPS) is 21.1. The smallest absolute Gasteiger partial charge is 0.184 e. The van der Waals surface area contributed by atoms with Gasteiger partial charge in [0.05, 0.1) is 12.1 Å². The molecule has 1 saturated heterocycles. The minimum Gasteiger partial charge on any atom is -0.381 e. The quantitative estimate of drug-likeness (QED) is 0.854. The Bertz CT molecular complexity index is 673. The van der Waals surface area contributed by atoms with Crippen LogP contribution in [0, 0.1) is 22.3 Å². The first-order valence-electron chi connectivity index (χ1n) is 6.25. The number of rotatable bonds is 2. The Kier molecular flexibility index (Phi) is 3.14. The number of ether oxygens (including phenoxy) is 1. The fraction of sp³-hybridized carbons (Fsp3) is 0.462. The highest BCUT2D eigenvalue weighted by atomic mass is 32.1. The maximum absolute atomic E-state index is 14.0. The molecular formula is C13H14F2N2OS. The minimum absolute atomic E-state index is 0.0277. The zero-order valence-corrected chi connectivity index (χ0v) is 11.3. The number of imidazole rings is 1. The lowest BCUT2D eigenvalue weighted by Gasteiger charge is -2.20. The molecule has 3 nitrogen and oxygen atoms in total. The fourth-order valence-electron chi connectivity index (χ4n) is 2.69. The Hall–Kier alpha value is -1.27. The lowest BCUT2D eigenvalue weighted by atomic mass is 10.0. The summed E-state index contributed by atoms with van der Waals surface area (Å²) in [4.78, 5) is 2.93. The van der Waals surface area contributed by atoms with Crippen molar-refractivity contribution in [3.05, 3.63) is 28.5 Å². The van der Waals surface area contributed by atoms with Crippen LogP contribution in [0.5, 0.6) is 0 Å². The molecule has 0 spiro atoms. The first-order chi connectivity index (χ1) is 9.09. The highest BCUT2D eigenvalue weighted by Crippen LogP contribution is 2.31. The Balaban J connectivity index is 2.19. The van der Waals surface area contributed by atoms with E-state index in [2.05, 4.69) is 4.98 Å². The molecule has 1 N–H and O–H groups in total. The van der Waals surface area contributed by atoms with E-state index in [9.17, 15) is 8.78 Å². The van der Waals surface area contributed by atoms with Gasteiger partial charge in [-0.1, -0.05) is 0 Å². The summed E-state index contributed by atoms with van der Waals surface area (Å²) >= 11 is 5.25. The number of fused-ring (bicyclic) bond motifs is 1. The second kappa shape index (κ2) is 4.68. The standard InChI is InChI=1S/C13H14F2N2OS/c1-7(8-4-5-18-6-8)17-12-10(16-13(17)19)3-2-9(14)11(12)15/h2-3,7-8H,4-6H2,1H3,(H,16,19). The number of halogens is 2. The van der Waals surface area contributed by atoms with E-state index >= 15 is 0 Å². The lowest BCUT2D eigenvalue weighted by Crippen LogP contribution is -2.17. The third-order valence-electron chi connectivity index (χ3n) is 3.82. The number of H-pyrrole nitrogens is 1. The molecule has 0 amide bonds. The molecule has 1 fully saturated rings. The van der Waals surface area contributed by atoms with Crippen LogP contribution in [-0.2, 0) is 4.74 Å². The van der Waals surface area contributed by atoms with E-state index < -0.39 is 11.6 Å². The molecule has 0 aliphatic carbocycles. The molecule has 0 saturated carbocycles. The number of aromatic nitrogens is 2. The average Bonchev–Trinajstić information content (AvgIpc) is 3.00.